The Morgan fingerprint density at radius 1 is 1.89 bits per heavy atom. The van der Waals surface area contributed by atoms with Crippen LogP contribution in [-0.2, 0) is 4.79 Å². The molecule has 1 heterocycles. The summed E-state index contributed by atoms with van der Waals surface area (Å²) in [4.78, 5) is 10.8. The maximum Gasteiger partial charge on any atom is 0.265 e. The highest BCUT2D eigenvalue weighted by molar-refractivity contribution is 7.80. The molecule has 0 radical (unpaired) electrons. The molecular formula is C4H7N3OS. The van der Waals surface area contributed by atoms with Crippen LogP contribution in [-0.4, -0.2) is 22.1 Å². The first kappa shape index (κ1) is 6.44. The number of rotatable bonds is 0. The first-order valence-electron chi connectivity index (χ1n) is 2.52. The van der Waals surface area contributed by atoms with Gasteiger partial charge in [0.25, 0.3) is 5.91 Å². The van der Waals surface area contributed by atoms with Crippen LogP contribution in [0.5, 0.6) is 0 Å². The number of hydrogen-bond acceptors (Lipinski definition) is 3. The van der Waals surface area contributed by atoms with Gasteiger partial charge >= 0.3 is 0 Å². The number of carbonyl (C=O) groups excluding carboxylic acids is 1. The van der Waals surface area contributed by atoms with E-state index in [2.05, 4.69) is 17.5 Å². The van der Waals surface area contributed by atoms with Gasteiger partial charge in [0, 0.05) is 0 Å². The predicted octanol–water partition coefficient (Wildman–Crippen LogP) is -1.03. The van der Waals surface area contributed by atoms with Gasteiger partial charge in [-0.25, -0.2) is 10.9 Å². The molecule has 9 heavy (non-hydrogen) atoms. The van der Waals surface area contributed by atoms with Crippen LogP contribution in [0.3, 0.4) is 0 Å². The summed E-state index contributed by atoms with van der Waals surface area (Å²) >= 11 is 4.66. The molecule has 0 aromatic rings. The van der Waals surface area contributed by atoms with E-state index in [0.717, 1.165) is 5.01 Å². The van der Waals surface area contributed by atoms with Crippen LogP contribution in [0, 0.1) is 0 Å². The third-order valence-electron chi connectivity index (χ3n) is 1.17. The van der Waals surface area contributed by atoms with E-state index >= 15 is 0 Å². The van der Waals surface area contributed by atoms with E-state index in [0.29, 0.717) is 5.11 Å². The summed E-state index contributed by atoms with van der Waals surface area (Å²) in [5.41, 5.74) is 0. The molecule has 1 unspecified atom stereocenters. The molecule has 0 aromatic heterocycles. The summed E-state index contributed by atoms with van der Waals surface area (Å²) in [5, 5.41) is 3.94. The molecule has 1 atom stereocenters. The summed E-state index contributed by atoms with van der Waals surface area (Å²) in [6.45, 7) is 1.71. The van der Waals surface area contributed by atoms with Crippen molar-refractivity contribution in [1.29, 1.82) is 0 Å². The number of nitrogens with two attached hydrogens (primary N) is 1. The summed E-state index contributed by atoms with van der Waals surface area (Å²) < 4.78 is 0. The van der Waals surface area contributed by atoms with Crippen LogP contribution in [0.1, 0.15) is 6.92 Å². The molecule has 0 bridgehead atoms. The van der Waals surface area contributed by atoms with E-state index in [-0.39, 0.29) is 11.9 Å². The lowest BCUT2D eigenvalue weighted by Gasteiger charge is -2.02. The average Bonchev–Trinajstić information content (AvgIpc) is 1.98. The molecule has 5 heteroatoms. The Labute approximate surface area is 58.0 Å². The summed E-state index contributed by atoms with van der Waals surface area (Å²) in [6.07, 6.45) is 0. The number of hydrogen-bond donors (Lipinski definition) is 2. The second kappa shape index (κ2) is 1.93. The van der Waals surface area contributed by atoms with Crippen molar-refractivity contribution in [2.45, 2.75) is 13.0 Å². The van der Waals surface area contributed by atoms with Gasteiger partial charge in [0.1, 0.15) is 6.04 Å². The SMILES string of the molecule is CC1NC(=S)N(N)C1=O. The molecular weight excluding hydrogens is 138 g/mol. The molecule has 3 N–H and O–H groups in total. The fraction of sp³-hybridized carbons (Fsp3) is 0.500. The molecule has 1 rings (SSSR count). The Balaban J connectivity index is 2.77. The molecule has 0 aromatic carbocycles. The van der Waals surface area contributed by atoms with Crippen LogP contribution >= 0.6 is 12.2 Å². The summed E-state index contributed by atoms with van der Waals surface area (Å²) in [6, 6.07) is -0.262. The lowest BCUT2D eigenvalue weighted by atomic mass is 10.4. The molecule has 50 valence electrons. The molecule has 4 nitrogen and oxygen atoms in total. The van der Waals surface area contributed by atoms with Crippen molar-refractivity contribution in [3.05, 3.63) is 0 Å². The van der Waals surface area contributed by atoms with Crippen LogP contribution in [0.15, 0.2) is 0 Å². The van der Waals surface area contributed by atoms with Gasteiger partial charge in [0.2, 0.25) is 0 Å². The fourth-order valence-corrected chi connectivity index (χ4v) is 0.892. The van der Waals surface area contributed by atoms with Crippen LogP contribution in [0.25, 0.3) is 0 Å². The van der Waals surface area contributed by atoms with Gasteiger partial charge in [-0.15, -0.1) is 0 Å². The van der Waals surface area contributed by atoms with Gasteiger partial charge in [-0.1, -0.05) is 0 Å². The van der Waals surface area contributed by atoms with E-state index in [1.54, 1.807) is 6.92 Å². The smallest absolute Gasteiger partial charge is 0.265 e. The monoisotopic (exact) mass is 145 g/mol. The summed E-state index contributed by atoms with van der Waals surface area (Å²) in [5.74, 6) is 5.01. The van der Waals surface area contributed by atoms with E-state index < -0.39 is 0 Å². The molecule has 1 fully saturated rings. The van der Waals surface area contributed by atoms with Gasteiger partial charge in [0.15, 0.2) is 5.11 Å². The topological polar surface area (TPSA) is 58.4 Å². The molecule has 1 saturated heterocycles. The lowest BCUT2D eigenvalue weighted by Crippen LogP contribution is -2.37. The van der Waals surface area contributed by atoms with E-state index in [9.17, 15) is 4.79 Å². The minimum absolute atomic E-state index is 0.181. The molecule has 0 saturated carbocycles. The van der Waals surface area contributed by atoms with Gasteiger partial charge in [-0.05, 0) is 19.1 Å². The zero-order valence-corrected chi connectivity index (χ0v) is 5.73. The third-order valence-corrected chi connectivity index (χ3v) is 1.48. The maximum absolute atomic E-state index is 10.8. The van der Waals surface area contributed by atoms with Crippen molar-refractivity contribution in [2.75, 3.05) is 0 Å². The minimum atomic E-state index is -0.262. The van der Waals surface area contributed by atoms with E-state index in [1.807, 2.05) is 0 Å². The number of carbonyl (C=O) groups is 1. The molecule has 1 aliphatic heterocycles. The second-order valence-electron chi connectivity index (χ2n) is 1.88. The molecule has 0 aliphatic carbocycles. The number of hydrazine groups is 1. The highest BCUT2D eigenvalue weighted by atomic mass is 32.1. The number of amides is 1. The Kier molecular flexibility index (Phi) is 1.38. The van der Waals surface area contributed by atoms with Gasteiger partial charge < -0.3 is 5.32 Å². The zero-order valence-electron chi connectivity index (χ0n) is 4.92. The normalized spacial score (nSPS) is 26.9. The van der Waals surface area contributed by atoms with Gasteiger partial charge in [-0.2, -0.15) is 0 Å². The van der Waals surface area contributed by atoms with E-state index in [4.69, 9.17) is 5.84 Å². The van der Waals surface area contributed by atoms with Crippen LogP contribution in [0.4, 0.5) is 0 Å². The molecule has 0 spiro atoms. The van der Waals surface area contributed by atoms with Crippen LogP contribution in [0.2, 0.25) is 0 Å². The quantitative estimate of drug-likeness (QED) is 0.260. The van der Waals surface area contributed by atoms with Crippen molar-refractivity contribution in [1.82, 2.24) is 10.3 Å². The lowest BCUT2D eigenvalue weighted by molar-refractivity contribution is -0.126. The number of thiocarbonyl (C=S) groups is 1. The predicted molar refractivity (Wildman–Crippen MR) is 36.2 cm³/mol. The van der Waals surface area contributed by atoms with Crippen molar-refractivity contribution < 1.29 is 4.79 Å². The Bertz CT molecular complexity index is 169. The van der Waals surface area contributed by atoms with Crippen LogP contribution < -0.4 is 11.2 Å². The molecule has 1 amide bonds. The van der Waals surface area contributed by atoms with Gasteiger partial charge in [-0.3, -0.25) is 4.79 Å². The third kappa shape index (κ3) is 0.883. The zero-order chi connectivity index (χ0) is 7.02. The first-order chi connectivity index (χ1) is 4.13. The second-order valence-corrected chi connectivity index (χ2v) is 2.27. The Morgan fingerprint density at radius 2 is 2.44 bits per heavy atom. The van der Waals surface area contributed by atoms with Crippen molar-refractivity contribution >= 4 is 23.2 Å². The molecule has 1 aliphatic rings. The number of nitrogens with zero attached hydrogens (tertiary/aromatic N) is 1. The van der Waals surface area contributed by atoms with Crippen molar-refractivity contribution in [2.24, 2.45) is 5.84 Å². The largest absolute Gasteiger partial charge is 0.350 e. The highest BCUT2D eigenvalue weighted by Crippen LogP contribution is 1.98. The highest BCUT2D eigenvalue weighted by Gasteiger charge is 2.29. The first-order valence-corrected chi connectivity index (χ1v) is 2.93. The van der Waals surface area contributed by atoms with E-state index in [1.165, 1.54) is 0 Å². The van der Waals surface area contributed by atoms with Gasteiger partial charge in [0.05, 0.1) is 0 Å². The standard InChI is InChI=1S/C4H7N3OS/c1-2-3(8)7(5)4(9)6-2/h2H,5H2,1H3,(H,6,9). The number of nitrogens with one attached hydrogen (secondary N) is 1. The summed E-state index contributed by atoms with van der Waals surface area (Å²) in [7, 11) is 0. The van der Waals surface area contributed by atoms with Crippen molar-refractivity contribution in [3.63, 3.8) is 0 Å². The minimum Gasteiger partial charge on any atom is -0.350 e. The Morgan fingerprint density at radius 3 is 2.56 bits per heavy atom. The fourth-order valence-electron chi connectivity index (χ4n) is 0.625. The Hall–Kier alpha value is -0.680. The average molecular weight is 145 g/mol. The van der Waals surface area contributed by atoms with Crippen molar-refractivity contribution in [3.8, 4) is 0 Å². The maximum atomic E-state index is 10.8.